The Balaban J connectivity index is 1.29. The van der Waals surface area contributed by atoms with Gasteiger partial charge in [-0.2, -0.15) is 0 Å². The molecular weight excluding hydrogens is 487 g/mol. The first kappa shape index (κ1) is 24.2. The average Bonchev–Trinajstić information content (AvgIpc) is 3.67. The van der Waals surface area contributed by atoms with Crippen molar-refractivity contribution in [2.75, 3.05) is 25.1 Å². The Kier molecular flexibility index (Phi) is 7.32. The number of aromatic nitrogens is 1. The van der Waals surface area contributed by atoms with E-state index < -0.39 is 0 Å². The molecular formula is C27H28Cl2N2O4. The van der Waals surface area contributed by atoms with E-state index in [0.717, 1.165) is 62.2 Å². The standard InChI is InChI=1S/C27H28Cl2N2O4/c1-33-27(32)18-5-2-6-19(15-18)31-13-4-7-20(12-14-31)34-16-21-25(30-35-26(21)17-10-11-17)24-22(28)8-3-9-23(24)29/h2-3,5-6,8-9,15,17,20H,4,7,10-14,16H2,1H3. The van der Waals surface area contributed by atoms with E-state index in [1.807, 2.05) is 36.4 Å². The molecule has 35 heavy (non-hydrogen) atoms. The summed E-state index contributed by atoms with van der Waals surface area (Å²) >= 11 is 13.0. The average molecular weight is 515 g/mol. The normalized spacial score (nSPS) is 18.4. The van der Waals surface area contributed by atoms with Gasteiger partial charge >= 0.3 is 5.97 Å². The molecule has 1 atom stereocenters. The van der Waals surface area contributed by atoms with Crippen LogP contribution in [-0.4, -0.2) is 37.4 Å². The minimum absolute atomic E-state index is 0.111. The van der Waals surface area contributed by atoms with Gasteiger partial charge in [-0.3, -0.25) is 0 Å². The van der Waals surface area contributed by atoms with Crippen molar-refractivity contribution in [3.8, 4) is 11.3 Å². The molecule has 0 radical (unpaired) electrons. The summed E-state index contributed by atoms with van der Waals surface area (Å²) in [6.07, 6.45) is 5.14. The third-order valence-corrected chi connectivity index (χ3v) is 7.37. The maximum atomic E-state index is 11.9. The van der Waals surface area contributed by atoms with Crippen molar-refractivity contribution < 1.29 is 18.8 Å². The molecule has 1 aromatic heterocycles. The minimum atomic E-state index is -0.322. The molecule has 1 saturated heterocycles. The van der Waals surface area contributed by atoms with Crippen LogP contribution in [0.1, 0.15) is 59.7 Å². The summed E-state index contributed by atoms with van der Waals surface area (Å²) in [6.45, 7) is 2.16. The Bertz CT molecular complexity index is 1190. The highest BCUT2D eigenvalue weighted by Crippen LogP contribution is 2.46. The lowest BCUT2D eigenvalue weighted by Gasteiger charge is -2.23. The summed E-state index contributed by atoms with van der Waals surface area (Å²) < 4.78 is 17.1. The minimum Gasteiger partial charge on any atom is -0.465 e. The SMILES string of the molecule is COC(=O)c1cccc(N2CCCC(OCc3c(-c4c(Cl)cccc4Cl)noc3C3CC3)CC2)c1. The van der Waals surface area contributed by atoms with Crippen LogP contribution in [-0.2, 0) is 16.1 Å². The first-order valence-electron chi connectivity index (χ1n) is 12.0. The first-order valence-corrected chi connectivity index (χ1v) is 12.8. The topological polar surface area (TPSA) is 64.8 Å². The number of benzene rings is 2. The van der Waals surface area contributed by atoms with Gasteiger partial charge in [-0.25, -0.2) is 4.79 Å². The van der Waals surface area contributed by atoms with Crippen molar-refractivity contribution >= 4 is 34.9 Å². The number of anilines is 1. The molecule has 0 bridgehead atoms. The van der Waals surface area contributed by atoms with Gasteiger partial charge in [0.05, 0.1) is 35.4 Å². The Morgan fingerprint density at radius 3 is 2.60 bits per heavy atom. The molecule has 2 fully saturated rings. The fourth-order valence-corrected chi connectivity index (χ4v) is 5.26. The van der Waals surface area contributed by atoms with Gasteiger partial charge in [-0.1, -0.05) is 40.5 Å². The molecule has 1 saturated carbocycles. The number of methoxy groups -OCH3 is 1. The van der Waals surface area contributed by atoms with E-state index in [1.54, 1.807) is 6.07 Å². The predicted molar refractivity (Wildman–Crippen MR) is 136 cm³/mol. The van der Waals surface area contributed by atoms with E-state index in [-0.39, 0.29) is 12.1 Å². The van der Waals surface area contributed by atoms with Crippen molar-refractivity contribution in [3.63, 3.8) is 0 Å². The molecule has 6 nitrogen and oxygen atoms in total. The molecule has 0 N–H and O–H groups in total. The Hall–Kier alpha value is -2.54. The highest BCUT2D eigenvalue weighted by atomic mass is 35.5. The van der Waals surface area contributed by atoms with Gasteiger partial charge in [-0.05, 0) is 62.4 Å². The van der Waals surface area contributed by atoms with Gasteiger partial charge in [0.1, 0.15) is 11.5 Å². The monoisotopic (exact) mass is 514 g/mol. The Morgan fingerprint density at radius 2 is 1.86 bits per heavy atom. The molecule has 1 aliphatic heterocycles. The molecule has 3 aromatic rings. The van der Waals surface area contributed by atoms with Crippen molar-refractivity contribution in [3.05, 3.63) is 69.4 Å². The third-order valence-electron chi connectivity index (χ3n) is 6.74. The molecule has 2 aromatic carbocycles. The molecule has 2 heterocycles. The van der Waals surface area contributed by atoms with Gasteiger partial charge in [0.2, 0.25) is 0 Å². The van der Waals surface area contributed by atoms with Gasteiger partial charge < -0.3 is 18.9 Å². The summed E-state index contributed by atoms with van der Waals surface area (Å²) in [5.74, 6) is 0.964. The van der Waals surface area contributed by atoms with Crippen LogP contribution < -0.4 is 4.90 Å². The second-order valence-corrected chi connectivity index (χ2v) is 9.95. The molecule has 184 valence electrons. The van der Waals surface area contributed by atoms with Gasteiger partial charge in [0, 0.05) is 35.8 Å². The van der Waals surface area contributed by atoms with Gasteiger partial charge in [0.25, 0.3) is 0 Å². The fraction of sp³-hybridized carbons (Fsp3) is 0.407. The fourth-order valence-electron chi connectivity index (χ4n) is 4.69. The van der Waals surface area contributed by atoms with Crippen LogP contribution >= 0.6 is 23.2 Å². The first-order chi connectivity index (χ1) is 17.0. The number of nitrogens with zero attached hydrogens (tertiary/aromatic N) is 2. The number of hydrogen-bond donors (Lipinski definition) is 0. The van der Waals surface area contributed by atoms with Gasteiger partial charge in [0.15, 0.2) is 0 Å². The molecule has 1 aliphatic carbocycles. The predicted octanol–water partition coefficient (Wildman–Crippen LogP) is 6.89. The van der Waals surface area contributed by atoms with E-state index in [2.05, 4.69) is 10.1 Å². The van der Waals surface area contributed by atoms with E-state index in [9.17, 15) is 4.79 Å². The number of carbonyl (C=O) groups excluding carboxylic acids is 1. The van der Waals surface area contributed by atoms with Crippen molar-refractivity contribution in [2.24, 2.45) is 0 Å². The van der Waals surface area contributed by atoms with E-state index in [1.165, 1.54) is 7.11 Å². The summed E-state index contributed by atoms with van der Waals surface area (Å²) in [6, 6.07) is 13.1. The van der Waals surface area contributed by atoms with Crippen LogP contribution in [0.15, 0.2) is 47.0 Å². The summed E-state index contributed by atoms with van der Waals surface area (Å²) in [4.78, 5) is 14.2. The zero-order valence-corrected chi connectivity index (χ0v) is 21.1. The largest absolute Gasteiger partial charge is 0.465 e. The van der Waals surface area contributed by atoms with Crippen LogP contribution in [0.4, 0.5) is 5.69 Å². The number of halogens is 2. The van der Waals surface area contributed by atoms with E-state index >= 15 is 0 Å². The van der Waals surface area contributed by atoms with Crippen LogP contribution in [0.5, 0.6) is 0 Å². The molecule has 0 amide bonds. The number of ether oxygens (including phenoxy) is 2. The quantitative estimate of drug-likeness (QED) is 0.320. The number of rotatable bonds is 7. The molecule has 0 spiro atoms. The van der Waals surface area contributed by atoms with Crippen LogP contribution in [0.2, 0.25) is 10.0 Å². The summed E-state index contributed by atoms with van der Waals surface area (Å²) in [7, 11) is 1.40. The van der Waals surface area contributed by atoms with Crippen molar-refractivity contribution in [1.82, 2.24) is 5.16 Å². The van der Waals surface area contributed by atoms with Crippen molar-refractivity contribution in [1.29, 1.82) is 0 Å². The van der Waals surface area contributed by atoms with E-state index in [4.69, 9.17) is 37.2 Å². The second-order valence-electron chi connectivity index (χ2n) is 9.14. The zero-order valence-electron chi connectivity index (χ0n) is 19.6. The highest BCUT2D eigenvalue weighted by Gasteiger charge is 2.34. The smallest absolute Gasteiger partial charge is 0.337 e. The Labute approximate surface area is 215 Å². The maximum absolute atomic E-state index is 11.9. The molecule has 5 rings (SSSR count). The van der Waals surface area contributed by atoms with Crippen molar-refractivity contribution in [2.45, 2.75) is 50.7 Å². The van der Waals surface area contributed by atoms with Crippen LogP contribution in [0.3, 0.4) is 0 Å². The lowest BCUT2D eigenvalue weighted by Crippen LogP contribution is -2.25. The summed E-state index contributed by atoms with van der Waals surface area (Å²) in [5.41, 5.74) is 3.92. The number of esters is 1. The summed E-state index contributed by atoms with van der Waals surface area (Å²) in [5, 5.41) is 5.46. The number of carbonyl (C=O) groups is 1. The zero-order chi connectivity index (χ0) is 24.4. The maximum Gasteiger partial charge on any atom is 0.337 e. The Morgan fingerprint density at radius 1 is 1.09 bits per heavy atom. The number of hydrogen-bond acceptors (Lipinski definition) is 6. The molecule has 8 heteroatoms. The van der Waals surface area contributed by atoms with E-state index in [0.29, 0.717) is 39.4 Å². The highest BCUT2D eigenvalue weighted by molar-refractivity contribution is 6.39. The molecule has 2 aliphatic rings. The third kappa shape index (κ3) is 5.35. The second kappa shape index (κ2) is 10.6. The van der Waals surface area contributed by atoms with Gasteiger partial charge in [-0.15, -0.1) is 0 Å². The lowest BCUT2D eigenvalue weighted by atomic mass is 10.0. The van der Waals surface area contributed by atoms with Crippen LogP contribution in [0, 0.1) is 0 Å². The van der Waals surface area contributed by atoms with Crippen LogP contribution in [0.25, 0.3) is 11.3 Å². The lowest BCUT2D eigenvalue weighted by molar-refractivity contribution is 0.0328. The molecule has 1 unspecified atom stereocenters.